The molecule has 0 aromatic heterocycles. The Hall–Kier alpha value is -0.213. The zero-order chi connectivity index (χ0) is 10.4. The minimum atomic E-state index is 0.276. The summed E-state index contributed by atoms with van der Waals surface area (Å²) in [6.07, 6.45) is 1.38. The van der Waals surface area contributed by atoms with Crippen LogP contribution in [-0.4, -0.2) is 16.0 Å². The summed E-state index contributed by atoms with van der Waals surface area (Å²) in [5, 5.41) is 0. The third-order valence-corrected chi connectivity index (χ3v) is 4.59. The van der Waals surface area contributed by atoms with Gasteiger partial charge in [-0.15, -0.1) is 0 Å². The monoisotopic (exact) mass is 224 g/mol. The number of benzene rings is 1. The smallest absolute Gasteiger partial charge is 0.0352 e. The van der Waals surface area contributed by atoms with E-state index in [9.17, 15) is 0 Å². The molecule has 0 radical (unpaired) electrons. The minimum absolute atomic E-state index is 0.276. The molecular weight excluding hydrogens is 204 g/mol. The first kappa shape index (κ1) is 11.9. The predicted octanol–water partition coefficient (Wildman–Crippen LogP) is 2.83. The average Bonchev–Trinajstić information content (AvgIpc) is 2.19. The van der Waals surface area contributed by atoms with Crippen molar-refractivity contribution in [1.29, 1.82) is 0 Å². The van der Waals surface area contributed by atoms with Crippen molar-refractivity contribution in [3.63, 3.8) is 0 Å². The Morgan fingerprint density at radius 1 is 1.21 bits per heavy atom. The molecule has 0 heterocycles. The Morgan fingerprint density at radius 2 is 1.86 bits per heavy atom. The van der Waals surface area contributed by atoms with Gasteiger partial charge in [-0.25, -0.2) is 0 Å². The molecule has 0 saturated carbocycles. The van der Waals surface area contributed by atoms with Crippen molar-refractivity contribution in [3.05, 3.63) is 35.9 Å². The molecule has 0 fully saturated rings. The number of thioether (sulfide) groups is 1. The summed E-state index contributed by atoms with van der Waals surface area (Å²) in [7, 11) is 1.35. The van der Waals surface area contributed by atoms with E-state index in [1.54, 1.807) is 0 Å². The zero-order valence-corrected chi connectivity index (χ0v) is 12.2. The summed E-state index contributed by atoms with van der Waals surface area (Å²) in [6, 6.07) is 12.2. The van der Waals surface area contributed by atoms with Crippen molar-refractivity contribution in [2.24, 2.45) is 0 Å². The molecule has 0 aliphatic heterocycles. The molecule has 78 valence electrons. The van der Waals surface area contributed by atoms with Crippen LogP contribution < -0.4 is 0 Å². The van der Waals surface area contributed by atoms with Crippen LogP contribution >= 0.6 is 11.8 Å². The maximum atomic E-state index is 2.32. The largest absolute Gasteiger partial charge is 0.151 e. The van der Waals surface area contributed by atoms with Crippen LogP contribution in [0.2, 0.25) is 6.04 Å². The highest BCUT2D eigenvalue weighted by molar-refractivity contribution is 8.00. The van der Waals surface area contributed by atoms with Crippen LogP contribution in [0, 0.1) is 0 Å². The van der Waals surface area contributed by atoms with Gasteiger partial charge in [-0.05, 0) is 31.6 Å². The number of rotatable bonds is 5. The van der Waals surface area contributed by atoms with E-state index in [1.807, 2.05) is 0 Å². The van der Waals surface area contributed by atoms with E-state index in [2.05, 4.69) is 55.9 Å². The van der Waals surface area contributed by atoms with Crippen molar-refractivity contribution in [1.82, 2.24) is 0 Å². The second-order valence-corrected chi connectivity index (χ2v) is 6.80. The van der Waals surface area contributed by atoms with Crippen molar-refractivity contribution >= 4 is 22.0 Å². The van der Waals surface area contributed by atoms with Gasteiger partial charge in [0.05, 0.1) is 0 Å². The van der Waals surface area contributed by atoms with Crippen molar-refractivity contribution in [3.8, 4) is 0 Å². The summed E-state index contributed by atoms with van der Waals surface area (Å²) >= 11 is 2.08. The summed E-state index contributed by atoms with van der Waals surface area (Å²) in [4.78, 5) is 0. The molecule has 0 nitrogen and oxygen atoms in total. The van der Waals surface area contributed by atoms with Gasteiger partial charge in [-0.1, -0.05) is 36.4 Å². The lowest BCUT2D eigenvalue weighted by Crippen LogP contribution is -2.12. The molecule has 0 N–H and O–H groups in total. The molecule has 0 spiro atoms. The first-order chi connectivity index (χ1) is 6.67. The van der Waals surface area contributed by atoms with Gasteiger partial charge >= 0.3 is 0 Å². The van der Waals surface area contributed by atoms with E-state index in [-0.39, 0.29) is 4.75 Å². The molecule has 1 rings (SSSR count). The quantitative estimate of drug-likeness (QED) is 0.547. The second kappa shape index (κ2) is 5.62. The molecule has 2 heteroatoms. The SMILES string of the molecule is CC(C)(SCCC[SiH3])c1ccccc1. The number of hydrogen-bond acceptors (Lipinski definition) is 1. The molecule has 0 saturated heterocycles. The Bertz CT molecular complexity index is 256. The lowest BCUT2D eigenvalue weighted by Gasteiger charge is -2.24. The first-order valence-corrected chi connectivity index (χ1v) is 7.76. The van der Waals surface area contributed by atoms with Gasteiger partial charge in [0.1, 0.15) is 0 Å². The summed E-state index contributed by atoms with van der Waals surface area (Å²) in [5.74, 6) is 1.30. The standard InChI is InChI=1S/C12H20SSi/c1-12(2,13-9-6-10-14)11-7-4-3-5-8-11/h3-5,7-8H,6,9-10H2,1-2,14H3. The summed E-state index contributed by atoms with van der Waals surface area (Å²) in [5.41, 5.74) is 1.44. The van der Waals surface area contributed by atoms with E-state index < -0.39 is 0 Å². The van der Waals surface area contributed by atoms with Gasteiger partial charge in [0.15, 0.2) is 0 Å². The van der Waals surface area contributed by atoms with E-state index in [1.165, 1.54) is 34.0 Å². The highest BCUT2D eigenvalue weighted by Gasteiger charge is 2.19. The molecule has 1 aromatic rings. The van der Waals surface area contributed by atoms with Crippen LogP contribution in [0.1, 0.15) is 25.8 Å². The van der Waals surface area contributed by atoms with E-state index in [0.717, 1.165) is 0 Å². The van der Waals surface area contributed by atoms with E-state index >= 15 is 0 Å². The molecule has 0 unspecified atom stereocenters. The van der Waals surface area contributed by atoms with Gasteiger partial charge < -0.3 is 0 Å². The van der Waals surface area contributed by atoms with Gasteiger partial charge in [0.25, 0.3) is 0 Å². The van der Waals surface area contributed by atoms with Crippen LogP contribution in [0.4, 0.5) is 0 Å². The molecule has 1 aromatic carbocycles. The van der Waals surface area contributed by atoms with Gasteiger partial charge in [0, 0.05) is 15.0 Å². The first-order valence-electron chi connectivity index (χ1n) is 5.36. The third kappa shape index (κ3) is 3.50. The zero-order valence-electron chi connectivity index (χ0n) is 9.42. The van der Waals surface area contributed by atoms with Crippen molar-refractivity contribution in [2.75, 3.05) is 5.75 Å². The Kier molecular flexibility index (Phi) is 4.76. The fourth-order valence-corrected chi connectivity index (χ4v) is 3.51. The van der Waals surface area contributed by atoms with Crippen LogP contribution in [0.25, 0.3) is 0 Å². The number of hydrogen-bond donors (Lipinski definition) is 0. The lowest BCUT2D eigenvalue weighted by atomic mass is 10.0. The highest BCUT2D eigenvalue weighted by atomic mass is 32.2. The third-order valence-electron chi connectivity index (χ3n) is 2.43. The second-order valence-electron chi connectivity index (χ2n) is 4.08. The Labute approximate surface area is 94.9 Å². The predicted molar refractivity (Wildman–Crippen MR) is 71.3 cm³/mol. The van der Waals surface area contributed by atoms with E-state index in [4.69, 9.17) is 0 Å². The normalized spacial score (nSPS) is 11.9. The van der Waals surface area contributed by atoms with Gasteiger partial charge in [0.2, 0.25) is 0 Å². The van der Waals surface area contributed by atoms with Crippen LogP contribution in [0.5, 0.6) is 0 Å². The summed E-state index contributed by atoms with van der Waals surface area (Å²) < 4.78 is 0.276. The topological polar surface area (TPSA) is 0 Å². The summed E-state index contributed by atoms with van der Waals surface area (Å²) in [6.45, 7) is 4.64. The van der Waals surface area contributed by atoms with Gasteiger partial charge in [-0.3, -0.25) is 0 Å². The molecule has 0 bridgehead atoms. The van der Waals surface area contributed by atoms with Crippen molar-refractivity contribution < 1.29 is 0 Å². The van der Waals surface area contributed by atoms with Crippen LogP contribution in [-0.2, 0) is 4.75 Å². The maximum Gasteiger partial charge on any atom is 0.0352 e. The fraction of sp³-hybridized carbons (Fsp3) is 0.500. The molecule has 0 aliphatic rings. The van der Waals surface area contributed by atoms with E-state index in [0.29, 0.717) is 0 Å². The Morgan fingerprint density at radius 3 is 2.43 bits per heavy atom. The molecule has 0 aliphatic carbocycles. The van der Waals surface area contributed by atoms with Gasteiger partial charge in [-0.2, -0.15) is 11.8 Å². The minimum Gasteiger partial charge on any atom is -0.151 e. The maximum absolute atomic E-state index is 2.32. The highest BCUT2D eigenvalue weighted by Crippen LogP contribution is 2.35. The molecule has 14 heavy (non-hydrogen) atoms. The average molecular weight is 224 g/mol. The van der Waals surface area contributed by atoms with Crippen LogP contribution in [0.15, 0.2) is 30.3 Å². The molecule has 0 amide bonds. The molecule has 0 atom stereocenters. The Balaban J connectivity index is 2.56. The lowest BCUT2D eigenvalue weighted by molar-refractivity contribution is 0.780. The van der Waals surface area contributed by atoms with Crippen LogP contribution in [0.3, 0.4) is 0 Å². The van der Waals surface area contributed by atoms with Crippen molar-refractivity contribution in [2.45, 2.75) is 31.1 Å². The fourth-order valence-electron chi connectivity index (χ4n) is 1.39. The molecular formula is C12H20SSi.